The van der Waals surface area contributed by atoms with Crippen molar-refractivity contribution in [2.45, 2.75) is 12.2 Å². The van der Waals surface area contributed by atoms with Gasteiger partial charge in [0.25, 0.3) is 0 Å². The number of nitrogens with zero attached hydrogens (tertiary/aromatic N) is 1. The molecule has 2 atom stereocenters. The molecular formula is C6H14NO2+. The maximum atomic E-state index is 9.07. The van der Waals surface area contributed by atoms with Gasteiger partial charge in [0.1, 0.15) is 25.3 Å². The molecule has 1 aliphatic rings. The normalized spacial score (nSPS) is 41.3. The molecule has 0 radical (unpaired) electrons. The summed E-state index contributed by atoms with van der Waals surface area (Å²) in [7, 11) is 4.00. The van der Waals surface area contributed by atoms with Crippen molar-refractivity contribution in [2.24, 2.45) is 0 Å². The lowest BCUT2D eigenvalue weighted by Crippen LogP contribution is -2.37. The first-order valence-corrected chi connectivity index (χ1v) is 3.19. The van der Waals surface area contributed by atoms with Gasteiger partial charge in [-0.3, -0.25) is 0 Å². The molecule has 3 nitrogen and oxygen atoms in total. The first kappa shape index (κ1) is 6.99. The van der Waals surface area contributed by atoms with Crippen LogP contribution in [-0.4, -0.2) is 54.1 Å². The van der Waals surface area contributed by atoms with E-state index in [1.165, 1.54) is 0 Å². The van der Waals surface area contributed by atoms with Crippen LogP contribution in [0.1, 0.15) is 0 Å². The van der Waals surface area contributed by atoms with Crippen molar-refractivity contribution in [3.63, 3.8) is 0 Å². The van der Waals surface area contributed by atoms with Crippen LogP contribution in [0, 0.1) is 0 Å². The summed E-state index contributed by atoms with van der Waals surface area (Å²) in [6.07, 6.45) is -1.03. The van der Waals surface area contributed by atoms with Gasteiger partial charge in [0.05, 0.1) is 14.1 Å². The Bertz CT molecular complexity index is 102. The lowest BCUT2D eigenvalue weighted by atomic mass is 10.3. The standard InChI is InChI=1S/C6H14NO2/c1-7(2)3-5(8)6(9)4-7/h5-6,8-9H,3-4H2,1-2H3/q+1/t5-,6-/m0/s1. The molecular weight excluding hydrogens is 118 g/mol. The van der Waals surface area contributed by atoms with Gasteiger partial charge in [0.2, 0.25) is 0 Å². The van der Waals surface area contributed by atoms with Crippen LogP contribution in [0.2, 0.25) is 0 Å². The molecule has 2 N–H and O–H groups in total. The topological polar surface area (TPSA) is 40.5 Å². The summed E-state index contributed by atoms with van der Waals surface area (Å²) in [5.74, 6) is 0. The van der Waals surface area contributed by atoms with Crippen molar-refractivity contribution >= 4 is 0 Å². The fourth-order valence-electron chi connectivity index (χ4n) is 1.33. The van der Waals surface area contributed by atoms with E-state index in [4.69, 9.17) is 10.2 Å². The number of likely N-dealkylation sites (tertiary alicyclic amines) is 1. The van der Waals surface area contributed by atoms with Crippen LogP contribution in [0.5, 0.6) is 0 Å². The summed E-state index contributed by atoms with van der Waals surface area (Å²) in [6, 6.07) is 0. The van der Waals surface area contributed by atoms with Gasteiger partial charge in [0.15, 0.2) is 0 Å². The molecule has 0 aromatic heterocycles. The fourth-order valence-corrected chi connectivity index (χ4v) is 1.33. The predicted octanol–water partition coefficient (Wildman–Crippen LogP) is -1.20. The van der Waals surface area contributed by atoms with Gasteiger partial charge in [-0.1, -0.05) is 0 Å². The lowest BCUT2D eigenvalue weighted by molar-refractivity contribution is -0.880. The van der Waals surface area contributed by atoms with E-state index in [0.29, 0.717) is 13.1 Å². The maximum Gasteiger partial charge on any atom is 0.134 e. The summed E-state index contributed by atoms with van der Waals surface area (Å²) >= 11 is 0. The smallest absolute Gasteiger partial charge is 0.134 e. The van der Waals surface area contributed by atoms with Crippen molar-refractivity contribution in [1.29, 1.82) is 0 Å². The second-order valence-corrected chi connectivity index (χ2v) is 3.44. The van der Waals surface area contributed by atoms with Gasteiger partial charge in [0, 0.05) is 0 Å². The van der Waals surface area contributed by atoms with Crippen LogP contribution in [0.25, 0.3) is 0 Å². The molecule has 1 fully saturated rings. The molecule has 0 aliphatic carbocycles. The van der Waals surface area contributed by atoms with Gasteiger partial charge < -0.3 is 14.7 Å². The molecule has 3 heteroatoms. The Morgan fingerprint density at radius 1 is 1.11 bits per heavy atom. The summed E-state index contributed by atoms with van der Waals surface area (Å²) in [4.78, 5) is 0. The minimum atomic E-state index is -0.514. The third-order valence-electron chi connectivity index (χ3n) is 1.81. The van der Waals surface area contributed by atoms with E-state index >= 15 is 0 Å². The molecule has 0 spiro atoms. The van der Waals surface area contributed by atoms with Crippen LogP contribution in [0.4, 0.5) is 0 Å². The van der Waals surface area contributed by atoms with Gasteiger partial charge in [-0.05, 0) is 0 Å². The Morgan fingerprint density at radius 3 is 1.56 bits per heavy atom. The summed E-state index contributed by atoms with van der Waals surface area (Å²) in [5, 5.41) is 18.1. The molecule has 1 aliphatic heterocycles. The Hall–Kier alpha value is -0.120. The van der Waals surface area contributed by atoms with E-state index in [9.17, 15) is 0 Å². The molecule has 0 aromatic rings. The SMILES string of the molecule is C[N+]1(C)C[C@H](O)[C@@H](O)C1. The highest BCUT2D eigenvalue weighted by Crippen LogP contribution is 2.13. The number of quaternary nitrogens is 1. The van der Waals surface area contributed by atoms with Crippen molar-refractivity contribution in [3.05, 3.63) is 0 Å². The van der Waals surface area contributed by atoms with Gasteiger partial charge in [-0.25, -0.2) is 0 Å². The summed E-state index contributed by atoms with van der Waals surface area (Å²) in [6.45, 7) is 1.34. The number of aliphatic hydroxyl groups excluding tert-OH is 2. The van der Waals surface area contributed by atoms with Gasteiger partial charge in [-0.2, -0.15) is 0 Å². The molecule has 9 heavy (non-hydrogen) atoms. The van der Waals surface area contributed by atoms with Crippen LogP contribution in [0.15, 0.2) is 0 Å². The quantitative estimate of drug-likeness (QED) is 0.406. The highest BCUT2D eigenvalue weighted by Gasteiger charge is 2.37. The Kier molecular flexibility index (Phi) is 1.50. The maximum absolute atomic E-state index is 9.07. The molecule has 0 amide bonds. The number of likely N-dealkylation sites (N-methyl/N-ethyl adjacent to an activating group) is 1. The van der Waals surface area contributed by atoms with Crippen LogP contribution in [0.3, 0.4) is 0 Å². The second-order valence-electron chi connectivity index (χ2n) is 3.44. The highest BCUT2D eigenvalue weighted by molar-refractivity contribution is 4.72. The van der Waals surface area contributed by atoms with Gasteiger partial charge in [-0.15, -0.1) is 0 Å². The average Bonchev–Trinajstić information content (AvgIpc) is 1.79. The number of aliphatic hydroxyl groups is 2. The number of hydrogen-bond donors (Lipinski definition) is 2. The summed E-state index contributed by atoms with van der Waals surface area (Å²) in [5.41, 5.74) is 0. The Balaban J connectivity index is 2.54. The minimum Gasteiger partial charge on any atom is -0.384 e. The van der Waals surface area contributed by atoms with Crippen molar-refractivity contribution in [2.75, 3.05) is 27.2 Å². The Morgan fingerprint density at radius 2 is 1.44 bits per heavy atom. The Labute approximate surface area is 55.1 Å². The van der Waals surface area contributed by atoms with Crippen LogP contribution < -0.4 is 0 Å². The van der Waals surface area contributed by atoms with Gasteiger partial charge >= 0.3 is 0 Å². The minimum absolute atomic E-state index is 0.514. The van der Waals surface area contributed by atoms with E-state index in [-0.39, 0.29) is 0 Å². The molecule has 0 saturated carbocycles. The van der Waals surface area contributed by atoms with E-state index in [0.717, 1.165) is 4.48 Å². The van der Waals surface area contributed by atoms with Crippen molar-refractivity contribution < 1.29 is 14.7 Å². The predicted molar refractivity (Wildman–Crippen MR) is 33.9 cm³/mol. The molecule has 0 unspecified atom stereocenters. The van der Waals surface area contributed by atoms with E-state index in [1.807, 2.05) is 14.1 Å². The average molecular weight is 132 g/mol. The fraction of sp³-hybridized carbons (Fsp3) is 1.00. The first-order chi connectivity index (χ1) is 4.01. The van der Waals surface area contributed by atoms with Crippen LogP contribution in [-0.2, 0) is 0 Å². The lowest BCUT2D eigenvalue weighted by Gasteiger charge is -2.21. The summed E-state index contributed by atoms with van der Waals surface area (Å²) < 4.78 is 0.725. The molecule has 0 bridgehead atoms. The largest absolute Gasteiger partial charge is 0.384 e. The van der Waals surface area contributed by atoms with Crippen molar-refractivity contribution in [3.8, 4) is 0 Å². The molecule has 0 aromatic carbocycles. The van der Waals surface area contributed by atoms with Crippen LogP contribution >= 0.6 is 0 Å². The monoisotopic (exact) mass is 132 g/mol. The third kappa shape index (κ3) is 1.41. The zero-order valence-corrected chi connectivity index (χ0v) is 5.91. The van der Waals surface area contributed by atoms with E-state index in [2.05, 4.69) is 0 Å². The second kappa shape index (κ2) is 1.94. The van der Waals surface area contributed by atoms with Crippen molar-refractivity contribution in [1.82, 2.24) is 0 Å². The van der Waals surface area contributed by atoms with E-state index in [1.54, 1.807) is 0 Å². The zero-order chi connectivity index (χ0) is 7.07. The molecule has 1 saturated heterocycles. The molecule has 1 rings (SSSR count). The van der Waals surface area contributed by atoms with E-state index < -0.39 is 12.2 Å². The molecule has 1 heterocycles. The number of rotatable bonds is 0. The molecule has 54 valence electrons. The first-order valence-electron chi connectivity index (χ1n) is 3.19. The zero-order valence-electron chi connectivity index (χ0n) is 5.91. The number of hydrogen-bond acceptors (Lipinski definition) is 2. The third-order valence-corrected chi connectivity index (χ3v) is 1.81. The highest BCUT2D eigenvalue weighted by atomic mass is 16.3.